The number of anilines is 1. The van der Waals surface area contributed by atoms with Gasteiger partial charge in [-0.2, -0.15) is 0 Å². The minimum Gasteiger partial charge on any atom is -0.497 e. The molecule has 34 heavy (non-hydrogen) atoms. The molecule has 1 aromatic heterocycles. The molecular weight excluding hydrogens is 448 g/mol. The molecule has 2 heterocycles. The lowest BCUT2D eigenvalue weighted by atomic mass is 10.0. The molecule has 1 aliphatic carbocycles. The Labute approximate surface area is 202 Å². The summed E-state index contributed by atoms with van der Waals surface area (Å²) in [6, 6.07) is 15.6. The molecule has 2 aliphatic rings. The van der Waals surface area contributed by atoms with Crippen molar-refractivity contribution in [2.24, 2.45) is 4.99 Å². The van der Waals surface area contributed by atoms with Gasteiger partial charge in [-0.1, -0.05) is 55.9 Å². The second kappa shape index (κ2) is 9.46. The van der Waals surface area contributed by atoms with E-state index in [1.165, 1.54) is 17.3 Å². The van der Waals surface area contributed by atoms with Crippen molar-refractivity contribution in [1.82, 2.24) is 10.2 Å². The SMILES string of the molecule is COc1cccc(N2C(=O)/C(=C/c3ccc(C(C)C)cc3)N=C2SCc2nnc(C3CC3)o2)c1. The zero-order chi connectivity index (χ0) is 23.7. The second-order valence-corrected chi connectivity index (χ2v) is 9.63. The maximum atomic E-state index is 13.4. The highest BCUT2D eigenvalue weighted by Gasteiger charge is 2.33. The van der Waals surface area contributed by atoms with Crippen LogP contribution in [0.25, 0.3) is 6.08 Å². The average Bonchev–Trinajstić information content (AvgIpc) is 3.51. The second-order valence-electron chi connectivity index (χ2n) is 8.68. The van der Waals surface area contributed by atoms with E-state index in [0.717, 1.165) is 18.4 Å². The average molecular weight is 475 g/mol. The molecule has 0 radical (unpaired) electrons. The lowest BCUT2D eigenvalue weighted by Gasteiger charge is -2.18. The Bertz CT molecular complexity index is 1260. The molecule has 8 heteroatoms. The fourth-order valence-corrected chi connectivity index (χ4v) is 4.50. The Morgan fingerprint density at radius 1 is 1.18 bits per heavy atom. The normalized spacial score (nSPS) is 17.1. The molecule has 1 amide bonds. The first kappa shape index (κ1) is 22.4. The van der Waals surface area contributed by atoms with Gasteiger partial charge in [0, 0.05) is 12.0 Å². The summed E-state index contributed by atoms with van der Waals surface area (Å²) in [7, 11) is 1.61. The van der Waals surface area contributed by atoms with E-state index in [4.69, 9.17) is 14.1 Å². The third-order valence-corrected chi connectivity index (χ3v) is 6.70. The van der Waals surface area contributed by atoms with Crippen LogP contribution in [0.2, 0.25) is 0 Å². The summed E-state index contributed by atoms with van der Waals surface area (Å²) in [4.78, 5) is 19.7. The lowest BCUT2D eigenvalue weighted by molar-refractivity contribution is -0.113. The summed E-state index contributed by atoms with van der Waals surface area (Å²) in [6.45, 7) is 4.32. The monoisotopic (exact) mass is 474 g/mol. The van der Waals surface area contributed by atoms with E-state index in [-0.39, 0.29) is 5.91 Å². The van der Waals surface area contributed by atoms with Crippen molar-refractivity contribution >= 4 is 34.6 Å². The molecule has 1 aliphatic heterocycles. The number of carbonyl (C=O) groups excluding carboxylic acids is 1. The lowest BCUT2D eigenvalue weighted by Crippen LogP contribution is -2.30. The van der Waals surface area contributed by atoms with Crippen molar-refractivity contribution in [3.05, 3.63) is 77.1 Å². The van der Waals surface area contributed by atoms with E-state index in [9.17, 15) is 4.79 Å². The number of thioether (sulfide) groups is 1. The van der Waals surface area contributed by atoms with Crippen LogP contribution in [-0.2, 0) is 10.5 Å². The van der Waals surface area contributed by atoms with Gasteiger partial charge in [0.1, 0.15) is 11.4 Å². The zero-order valence-electron chi connectivity index (χ0n) is 19.4. The number of benzene rings is 2. The van der Waals surface area contributed by atoms with Crippen LogP contribution in [0, 0.1) is 0 Å². The van der Waals surface area contributed by atoms with Crippen LogP contribution in [0.1, 0.15) is 61.4 Å². The Morgan fingerprint density at radius 3 is 2.68 bits per heavy atom. The van der Waals surface area contributed by atoms with Crippen molar-refractivity contribution in [3.63, 3.8) is 0 Å². The highest BCUT2D eigenvalue weighted by atomic mass is 32.2. The molecular formula is C26H26N4O3S. The fourth-order valence-electron chi connectivity index (χ4n) is 3.65. The molecule has 1 saturated carbocycles. The first-order valence-electron chi connectivity index (χ1n) is 11.4. The van der Waals surface area contributed by atoms with Crippen LogP contribution >= 0.6 is 11.8 Å². The minimum absolute atomic E-state index is 0.187. The van der Waals surface area contributed by atoms with E-state index < -0.39 is 0 Å². The molecule has 0 unspecified atom stereocenters. The summed E-state index contributed by atoms with van der Waals surface area (Å²) >= 11 is 1.40. The molecule has 5 rings (SSSR count). The van der Waals surface area contributed by atoms with E-state index in [1.54, 1.807) is 12.0 Å². The van der Waals surface area contributed by atoms with Gasteiger partial charge in [0.2, 0.25) is 11.8 Å². The molecule has 0 spiro atoms. The molecule has 2 aromatic carbocycles. The van der Waals surface area contributed by atoms with Crippen molar-refractivity contribution in [1.29, 1.82) is 0 Å². The largest absolute Gasteiger partial charge is 0.497 e. The Kier molecular flexibility index (Phi) is 6.24. The van der Waals surface area contributed by atoms with Crippen LogP contribution < -0.4 is 9.64 Å². The third-order valence-electron chi connectivity index (χ3n) is 5.78. The number of amides is 1. The number of aromatic nitrogens is 2. The maximum absolute atomic E-state index is 13.4. The Balaban J connectivity index is 1.43. The van der Waals surface area contributed by atoms with Gasteiger partial charge in [-0.3, -0.25) is 9.69 Å². The fraction of sp³-hybridized carbons (Fsp3) is 0.308. The number of hydrogen-bond acceptors (Lipinski definition) is 7. The van der Waals surface area contributed by atoms with Gasteiger partial charge >= 0.3 is 0 Å². The first-order valence-corrected chi connectivity index (χ1v) is 12.3. The van der Waals surface area contributed by atoms with Gasteiger partial charge in [-0.25, -0.2) is 4.99 Å². The summed E-state index contributed by atoms with van der Waals surface area (Å²) in [5.41, 5.74) is 3.26. The van der Waals surface area contributed by atoms with Crippen molar-refractivity contribution in [2.45, 2.75) is 44.3 Å². The van der Waals surface area contributed by atoms with Crippen LogP contribution in [0.15, 0.2) is 63.6 Å². The highest BCUT2D eigenvalue weighted by molar-refractivity contribution is 8.13. The van der Waals surface area contributed by atoms with Crippen LogP contribution in [0.5, 0.6) is 5.75 Å². The highest BCUT2D eigenvalue weighted by Crippen LogP contribution is 2.39. The molecule has 1 fully saturated rings. The molecule has 0 bridgehead atoms. The number of methoxy groups -OCH3 is 1. The van der Waals surface area contributed by atoms with Gasteiger partial charge < -0.3 is 9.15 Å². The molecule has 0 N–H and O–H groups in total. The number of aliphatic imine (C=N–C) groups is 1. The number of ether oxygens (including phenoxy) is 1. The summed E-state index contributed by atoms with van der Waals surface area (Å²) in [6.07, 6.45) is 4.03. The first-order chi connectivity index (χ1) is 16.5. The van der Waals surface area contributed by atoms with Crippen molar-refractivity contribution < 1.29 is 13.9 Å². The number of hydrogen-bond donors (Lipinski definition) is 0. The summed E-state index contributed by atoms with van der Waals surface area (Å²) < 4.78 is 11.2. The predicted molar refractivity (Wildman–Crippen MR) is 134 cm³/mol. The van der Waals surface area contributed by atoms with Crippen LogP contribution in [0.4, 0.5) is 5.69 Å². The zero-order valence-corrected chi connectivity index (χ0v) is 20.2. The molecule has 3 aromatic rings. The van der Waals surface area contributed by atoms with Gasteiger partial charge in [-0.15, -0.1) is 10.2 Å². The number of carbonyl (C=O) groups is 1. The standard InChI is InChI=1S/C26H26N4O3S/c1-16(2)18-9-7-17(8-10-18)13-22-25(31)30(20-5-4-6-21(14-20)32-3)26(27-22)34-15-23-28-29-24(33-23)19-11-12-19/h4-10,13-14,16,19H,11-12,15H2,1-3H3/b22-13-. The Morgan fingerprint density at radius 2 is 1.97 bits per heavy atom. The van der Waals surface area contributed by atoms with E-state index >= 15 is 0 Å². The van der Waals surface area contributed by atoms with Crippen LogP contribution in [-0.4, -0.2) is 28.4 Å². The van der Waals surface area contributed by atoms with Crippen LogP contribution in [0.3, 0.4) is 0 Å². The minimum atomic E-state index is -0.187. The molecule has 0 saturated heterocycles. The Hall–Kier alpha value is -3.39. The van der Waals surface area contributed by atoms with Gasteiger partial charge in [0.15, 0.2) is 5.17 Å². The molecule has 7 nitrogen and oxygen atoms in total. The maximum Gasteiger partial charge on any atom is 0.283 e. The molecule has 0 atom stereocenters. The molecule has 174 valence electrons. The number of nitrogens with zero attached hydrogens (tertiary/aromatic N) is 4. The van der Waals surface area contributed by atoms with E-state index in [0.29, 0.717) is 51.7 Å². The smallest absolute Gasteiger partial charge is 0.283 e. The topological polar surface area (TPSA) is 80.8 Å². The van der Waals surface area contributed by atoms with E-state index in [2.05, 4.69) is 36.2 Å². The summed E-state index contributed by atoms with van der Waals surface area (Å²) in [5.74, 6) is 3.01. The quantitative estimate of drug-likeness (QED) is 0.405. The number of rotatable bonds is 7. The van der Waals surface area contributed by atoms with Crippen molar-refractivity contribution in [2.75, 3.05) is 12.0 Å². The third kappa shape index (κ3) is 4.77. The van der Waals surface area contributed by atoms with Gasteiger partial charge in [-0.05, 0) is 48.1 Å². The van der Waals surface area contributed by atoms with Crippen molar-refractivity contribution in [3.8, 4) is 5.75 Å². The summed E-state index contributed by atoms with van der Waals surface area (Å²) in [5, 5.41) is 8.88. The van der Waals surface area contributed by atoms with Gasteiger partial charge in [0.25, 0.3) is 5.91 Å². The van der Waals surface area contributed by atoms with E-state index in [1.807, 2.05) is 42.5 Å². The predicted octanol–water partition coefficient (Wildman–Crippen LogP) is 5.76. The van der Waals surface area contributed by atoms with Gasteiger partial charge in [0.05, 0.1) is 18.6 Å². The number of amidine groups is 1.